The van der Waals surface area contributed by atoms with Crippen molar-refractivity contribution in [3.8, 4) is 0 Å². The number of aliphatic hydroxyl groups excluding tert-OH is 1. The molecule has 0 aliphatic rings. The molecule has 0 amide bonds. The van der Waals surface area contributed by atoms with E-state index in [4.69, 9.17) is 5.11 Å². The molecule has 0 saturated carbocycles. The lowest BCUT2D eigenvalue weighted by molar-refractivity contribution is 0.253. The second-order valence-electron chi connectivity index (χ2n) is 2.11. The van der Waals surface area contributed by atoms with E-state index < -0.39 is 16.3 Å². The molecule has 0 aromatic rings. The van der Waals surface area contributed by atoms with Crippen LogP contribution in [0.2, 0.25) is 0 Å². The highest BCUT2D eigenvalue weighted by atomic mass is 32.2. The second kappa shape index (κ2) is 4.66. The topological polar surface area (TPSA) is 78.4 Å². The van der Waals surface area contributed by atoms with Crippen LogP contribution in [0, 0.1) is 0 Å². The summed E-state index contributed by atoms with van der Waals surface area (Å²) < 4.78 is 25.9. The van der Waals surface area contributed by atoms with Crippen LogP contribution in [0.1, 0.15) is 13.3 Å². The van der Waals surface area contributed by atoms with E-state index in [-0.39, 0.29) is 6.61 Å². The molecule has 0 bridgehead atoms. The average Bonchev–Trinajstić information content (AvgIpc) is 2.00. The molecule has 0 radical (unpaired) electrons. The summed E-state index contributed by atoms with van der Waals surface area (Å²) in [5.41, 5.74) is 0. The Morgan fingerprint density at radius 3 is 2.36 bits per heavy atom. The molecule has 0 heterocycles. The van der Waals surface area contributed by atoms with Crippen molar-refractivity contribution in [1.82, 2.24) is 9.44 Å². The molecule has 1 atom stereocenters. The number of nitrogens with one attached hydrogen (secondary N) is 2. The molecular formula is C5H14N2O3S. The van der Waals surface area contributed by atoms with Crippen LogP contribution in [0.4, 0.5) is 0 Å². The van der Waals surface area contributed by atoms with E-state index in [9.17, 15) is 8.42 Å². The van der Waals surface area contributed by atoms with Crippen molar-refractivity contribution in [3.63, 3.8) is 0 Å². The van der Waals surface area contributed by atoms with Gasteiger partial charge in [0, 0.05) is 13.1 Å². The first kappa shape index (κ1) is 10.8. The van der Waals surface area contributed by atoms with Crippen LogP contribution in [0.15, 0.2) is 0 Å². The van der Waals surface area contributed by atoms with Gasteiger partial charge >= 0.3 is 0 Å². The first-order valence-electron chi connectivity index (χ1n) is 3.37. The largest absolute Gasteiger partial charge is 0.395 e. The molecule has 68 valence electrons. The Hall–Kier alpha value is -0.170. The van der Waals surface area contributed by atoms with Gasteiger partial charge in [0.2, 0.25) is 0 Å². The summed E-state index contributed by atoms with van der Waals surface area (Å²) in [7, 11) is -2.09. The van der Waals surface area contributed by atoms with Crippen molar-refractivity contribution in [1.29, 1.82) is 0 Å². The molecule has 0 spiro atoms. The molecule has 0 unspecified atom stereocenters. The number of rotatable bonds is 5. The van der Waals surface area contributed by atoms with Crippen molar-refractivity contribution in [3.05, 3.63) is 0 Å². The Labute approximate surface area is 67.0 Å². The van der Waals surface area contributed by atoms with Crippen LogP contribution < -0.4 is 9.44 Å². The zero-order valence-electron chi connectivity index (χ0n) is 6.66. The Balaban J connectivity index is 4.01. The zero-order chi connectivity index (χ0) is 8.91. The summed E-state index contributed by atoms with van der Waals surface area (Å²) >= 11 is 0. The highest BCUT2D eigenvalue weighted by molar-refractivity contribution is 7.87. The predicted molar refractivity (Wildman–Crippen MR) is 42.3 cm³/mol. The lowest BCUT2D eigenvalue weighted by atomic mass is 10.3. The molecule has 0 saturated heterocycles. The fourth-order valence-electron chi connectivity index (χ4n) is 0.528. The molecule has 0 aromatic carbocycles. The lowest BCUT2D eigenvalue weighted by Gasteiger charge is -2.12. The smallest absolute Gasteiger partial charge is 0.276 e. The third-order valence-corrected chi connectivity index (χ3v) is 2.48. The van der Waals surface area contributed by atoms with E-state index in [1.165, 1.54) is 7.05 Å². The zero-order valence-corrected chi connectivity index (χ0v) is 7.48. The normalized spacial score (nSPS) is 14.8. The first-order valence-corrected chi connectivity index (χ1v) is 4.85. The Morgan fingerprint density at radius 1 is 1.55 bits per heavy atom. The van der Waals surface area contributed by atoms with Gasteiger partial charge < -0.3 is 5.11 Å². The van der Waals surface area contributed by atoms with Gasteiger partial charge in [-0.25, -0.2) is 4.72 Å². The molecular weight excluding hydrogens is 168 g/mol. The van der Waals surface area contributed by atoms with Gasteiger partial charge in [0.15, 0.2) is 0 Å². The number of hydrogen-bond donors (Lipinski definition) is 3. The predicted octanol–water partition coefficient (Wildman–Crippen LogP) is -1.19. The van der Waals surface area contributed by atoms with Crippen LogP contribution in [0.3, 0.4) is 0 Å². The Bertz CT molecular complexity index is 186. The number of aliphatic hydroxyl groups is 1. The fraction of sp³-hybridized carbons (Fsp3) is 1.00. The third-order valence-electron chi connectivity index (χ3n) is 1.30. The van der Waals surface area contributed by atoms with Crippen LogP contribution in [0.5, 0.6) is 0 Å². The molecule has 5 nitrogen and oxygen atoms in total. The summed E-state index contributed by atoms with van der Waals surface area (Å²) in [6.07, 6.45) is 0.567. The van der Waals surface area contributed by atoms with Crippen molar-refractivity contribution >= 4 is 10.2 Å². The highest BCUT2D eigenvalue weighted by Gasteiger charge is 2.12. The monoisotopic (exact) mass is 182 g/mol. The third kappa shape index (κ3) is 4.31. The van der Waals surface area contributed by atoms with Crippen molar-refractivity contribution < 1.29 is 13.5 Å². The molecule has 3 N–H and O–H groups in total. The van der Waals surface area contributed by atoms with E-state index in [2.05, 4.69) is 9.44 Å². The quantitative estimate of drug-likeness (QED) is 0.500. The summed E-state index contributed by atoms with van der Waals surface area (Å²) in [5.74, 6) is 0. The fourth-order valence-corrected chi connectivity index (χ4v) is 1.33. The van der Waals surface area contributed by atoms with Gasteiger partial charge in [-0.1, -0.05) is 6.92 Å². The Kier molecular flexibility index (Phi) is 4.58. The molecule has 0 rings (SSSR count). The van der Waals surface area contributed by atoms with Crippen LogP contribution in [0.25, 0.3) is 0 Å². The summed E-state index contributed by atoms with van der Waals surface area (Å²) in [4.78, 5) is 0. The maximum atomic E-state index is 10.8. The highest BCUT2D eigenvalue weighted by Crippen LogP contribution is 1.90. The minimum atomic E-state index is -3.40. The van der Waals surface area contributed by atoms with Gasteiger partial charge in [-0.15, -0.1) is 0 Å². The first-order chi connectivity index (χ1) is 5.05. The van der Waals surface area contributed by atoms with Gasteiger partial charge in [-0.05, 0) is 6.42 Å². The standard InChI is InChI=1S/C5H14N2O3S/c1-3-5(4-8)7-11(9,10)6-2/h5-8H,3-4H2,1-2H3/t5-/m0/s1. The minimum Gasteiger partial charge on any atom is -0.395 e. The van der Waals surface area contributed by atoms with E-state index >= 15 is 0 Å². The number of hydrogen-bond acceptors (Lipinski definition) is 3. The molecule has 0 fully saturated rings. The molecule has 0 aliphatic carbocycles. The molecule has 0 aromatic heterocycles. The molecule has 0 aliphatic heterocycles. The Morgan fingerprint density at radius 2 is 2.09 bits per heavy atom. The maximum absolute atomic E-state index is 10.8. The molecule has 11 heavy (non-hydrogen) atoms. The second-order valence-corrected chi connectivity index (χ2v) is 3.76. The van der Waals surface area contributed by atoms with Gasteiger partial charge in [0.05, 0.1) is 6.61 Å². The van der Waals surface area contributed by atoms with E-state index in [0.717, 1.165) is 0 Å². The summed E-state index contributed by atoms with van der Waals surface area (Å²) in [6.45, 7) is 1.61. The van der Waals surface area contributed by atoms with Crippen molar-refractivity contribution in [2.24, 2.45) is 0 Å². The summed E-state index contributed by atoms with van der Waals surface area (Å²) in [6, 6.07) is -0.396. The van der Waals surface area contributed by atoms with Gasteiger partial charge in [-0.3, -0.25) is 0 Å². The maximum Gasteiger partial charge on any atom is 0.276 e. The van der Waals surface area contributed by atoms with E-state index in [0.29, 0.717) is 6.42 Å². The van der Waals surface area contributed by atoms with E-state index in [1.807, 2.05) is 0 Å². The SMILES string of the molecule is CC[C@@H](CO)NS(=O)(=O)NC. The summed E-state index contributed by atoms with van der Waals surface area (Å²) in [5, 5.41) is 8.63. The van der Waals surface area contributed by atoms with E-state index in [1.54, 1.807) is 6.92 Å². The van der Waals surface area contributed by atoms with Crippen LogP contribution in [-0.4, -0.2) is 33.2 Å². The van der Waals surface area contributed by atoms with Crippen LogP contribution in [-0.2, 0) is 10.2 Å². The molecule has 6 heteroatoms. The lowest BCUT2D eigenvalue weighted by Crippen LogP contribution is -2.42. The van der Waals surface area contributed by atoms with Crippen molar-refractivity contribution in [2.75, 3.05) is 13.7 Å². The minimum absolute atomic E-state index is 0.183. The van der Waals surface area contributed by atoms with Gasteiger partial charge in [0.1, 0.15) is 0 Å². The van der Waals surface area contributed by atoms with Crippen LogP contribution >= 0.6 is 0 Å². The van der Waals surface area contributed by atoms with Gasteiger partial charge in [0.25, 0.3) is 10.2 Å². The van der Waals surface area contributed by atoms with Gasteiger partial charge in [-0.2, -0.15) is 13.1 Å². The average molecular weight is 182 g/mol. The van der Waals surface area contributed by atoms with Crippen molar-refractivity contribution in [2.45, 2.75) is 19.4 Å².